The minimum atomic E-state index is -2.55. The van der Waals surface area contributed by atoms with Crippen molar-refractivity contribution < 1.29 is 27.7 Å². The quantitative estimate of drug-likeness (QED) is 0.493. The molecule has 0 aliphatic carbocycles. The maximum Gasteiger partial charge on any atom is 0.255 e. The third kappa shape index (κ3) is 5.55. The van der Waals surface area contributed by atoms with Gasteiger partial charge in [-0.15, -0.1) is 0 Å². The molecule has 4 amide bonds. The molecule has 2 aromatic rings. The van der Waals surface area contributed by atoms with E-state index in [2.05, 4.69) is 20.1 Å². The molecular formula is C30H36FN7O4. The summed E-state index contributed by atoms with van der Waals surface area (Å²) in [5.74, 6) is -0.949. The Morgan fingerprint density at radius 3 is 2.55 bits per heavy atom. The van der Waals surface area contributed by atoms with E-state index in [0.29, 0.717) is 35.8 Å². The number of rotatable bonds is 6. The van der Waals surface area contributed by atoms with Gasteiger partial charge >= 0.3 is 0 Å². The topological polar surface area (TPSA) is 118 Å². The van der Waals surface area contributed by atoms with Crippen LogP contribution in [0.3, 0.4) is 0 Å². The summed E-state index contributed by atoms with van der Waals surface area (Å²) in [6.45, 7) is 2.99. The number of hydrogen-bond donors (Lipinski definition) is 2. The Morgan fingerprint density at radius 1 is 1.07 bits per heavy atom. The van der Waals surface area contributed by atoms with Crippen LogP contribution in [0.1, 0.15) is 56.1 Å². The van der Waals surface area contributed by atoms with E-state index in [1.54, 1.807) is 18.2 Å². The number of fused-ring (bicyclic) bond motifs is 1. The molecule has 0 radical (unpaired) electrons. The van der Waals surface area contributed by atoms with Crippen LogP contribution in [0, 0.1) is 11.7 Å². The number of piperazine rings is 1. The first-order chi connectivity index (χ1) is 21.4. The minimum Gasteiger partial charge on any atom is -0.367 e. The summed E-state index contributed by atoms with van der Waals surface area (Å²) < 4.78 is 36.8. The van der Waals surface area contributed by atoms with Crippen LogP contribution in [0.5, 0.6) is 0 Å². The smallest absolute Gasteiger partial charge is 0.255 e. The Hall–Kier alpha value is -4.06. The van der Waals surface area contributed by atoms with Gasteiger partial charge in [-0.05, 0) is 55.0 Å². The summed E-state index contributed by atoms with van der Waals surface area (Å²) in [7, 11) is 0. The van der Waals surface area contributed by atoms with Crippen molar-refractivity contribution in [2.75, 3.05) is 62.6 Å². The van der Waals surface area contributed by atoms with Crippen molar-refractivity contribution in [3.05, 3.63) is 53.0 Å². The Balaban J connectivity index is 0.984. The van der Waals surface area contributed by atoms with Gasteiger partial charge in [-0.2, -0.15) is 0 Å². The first-order valence-corrected chi connectivity index (χ1v) is 14.4. The summed E-state index contributed by atoms with van der Waals surface area (Å²) in [5.41, 5.74) is 1.56. The molecular weight excluding hydrogens is 541 g/mol. The molecule has 1 aromatic carbocycles. The van der Waals surface area contributed by atoms with Crippen LogP contribution >= 0.6 is 0 Å². The van der Waals surface area contributed by atoms with Crippen molar-refractivity contribution >= 4 is 35.1 Å². The Kier molecular flexibility index (Phi) is 6.82. The first-order valence-electron chi connectivity index (χ1n) is 15.9. The summed E-state index contributed by atoms with van der Waals surface area (Å²) in [5, 5.41) is 4.26. The lowest BCUT2D eigenvalue weighted by Gasteiger charge is -2.40. The molecule has 4 aliphatic rings. The van der Waals surface area contributed by atoms with E-state index in [4.69, 9.17) is 4.11 Å². The van der Waals surface area contributed by atoms with Gasteiger partial charge in [-0.3, -0.25) is 29.4 Å². The SMILES string of the molecule is [2H]C([2H])([2H])NC(=O)c1ccc(N2CCC(CN3CCN(c4cc5c(cc4F)CN(C4CCC(=O)NC4=O)C5=O)CC3)CC2)nc1. The molecule has 3 saturated heterocycles. The highest BCUT2D eigenvalue weighted by Crippen LogP contribution is 2.33. The van der Waals surface area contributed by atoms with E-state index < -0.39 is 24.8 Å². The standard InChI is InChI=1S/C30H36FN7O4/c1-32-28(40)20-2-4-26(33-16-20)37-8-6-19(7-9-37)17-35-10-12-36(13-11-35)25-15-22-21(14-23(25)31)18-38(30(22)42)24-3-5-27(39)34-29(24)41/h2,4,14-16,19,24H,3,5-13,17-18H2,1H3,(H,32,40)(H,34,39,41)/i1D3. The van der Waals surface area contributed by atoms with Crippen LogP contribution in [0.25, 0.3) is 0 Å². The number of amides is 4. The molecule has 5 heterocycles. The van der Waals surface area contributed by atoms with E-state index in [0.717, 1.165) is 51.4 Å². The Morgan fingerprint density at radius 2 is 1.86 bits per heavy atom. The van der Waals surface area contributed by atoms with Gasteiger partial charge < -0.3 is 20.0 Å². The second-order valence-corrected chi connectivity index (χ2v) is 11.4. The lowest BCUT2D eigenvalue weighted by molar-refractivity contribution is -0.136. The van der Waals surface area contributed by atoms with E-state index in [9.17, 15) is 19.2 Å². The van der Waals surface area contributed by atoms with Gasteiger partial charge in [0.15, 0.2) is 0 Å². The van der Waals surface area contributed by atoms with Crippen LogP contribution in [-0.2, 0) is 16.1 Å². The number of aromatic nitrogens is 1. The van der Waals surface area contributed by atoms with Crippen molar-refractivity contribution in [3.63, 3.8) is 0 Å². The summed E-state index contributed by atoms with van der Waals surface area (Å²) >= 11 is 0. The molecule has 222 valence electrons. The minimum absolute atomic E-state index is 0.148. The predicted molar refractivity (Wildman–Crippen MR) is 154 cm³/mol. The first kappa shape index (κ1) is 24.5. The molecule has 0 saturated carbocycles. The van der Waals surface area contributed by atoms with Gasteiger partial charge in [-0.25, -0.2) is 9.37 Å². The van der Waals surface area contributed by atoms with Crippen molar-refractivity contribution in [3.8, 4) is 0 Å². The molecule has 11 nitrogen and oxygen atoms in total. The molecule has 42 heavy (non-hydrogen) atoms. The predicted octanol–water partition coefficient (Wildman–Crippen LogP) is 1.38. The molecule has 2 N–H and O–H groups in total. The largest absolute Gasteiger partial charge is 0.367 e. The van der Waals surface area contributed by atoms with Gasteiger partial charge in [-0.1, -0.05) is 0 Å². The molecule has 0 bridgehead atoms. The lowest BCUT2D eigenvalue weighted by Crippen LogP contribution is -2.52. The fourth-order valence-electron chi connectivity index (χ4n) is 6.48. The summed E-state index contributed by atoms with van der Waals surface area (Å²) in [6, 6.07) is 5.62. The van der Waals surface area contributed by atoms with Crippen molar-refractivity contribution in [2.24, 2.45) is 5.92 Å². The maximum atomic E-state index is 15.3. The fourth-order valence-corrected chi connectivity index (χ4v) is 6.48. The number of nitrogens with zero attached hydrogens (tertiary/aromatic N) is 5. The van der Waals surface area contributed by atoms with E-state index in [1.807, 2.05) is 10.2 Å². The van der Waals surface area contributed by atoms with Crippen molar-refractivity contribution in [1.82, 2.24) is 25.4 Å². The number of carbonyl (C=O) groups is 4. The highest BCUT2D eigenvalue weighted by molar-refractivity contribution is 6.05. The van der Waals surface area contributed by atoms with Crippen molar-refractivity contribution in [1.29, 1.82) is 0 Å². The number of hydrogen-bond acceptors (Lipinski definition) is 8. The Bertz CT molecular complexity index is 1490. The highest BCUT2D eigenvalue weighted by atomic mass is 19.1. The number of imide groups is 1. The molecule has 4 aliphatic heterocycles. The van der Waals surface area contributed by atoms with Gasteiger partial charge in [0.25, 0.3) is 11.8 Å². The van der Waals surface area contributed by atoms with E-state index >= 15 is 4.39 Å². The fraction of sp³-hybridized carbons (Fsp3) is 0.500. The molecule has 6 rings (SSSR count). The second kappa shape index (κ2) is 11.7. The number of piperidine rings is 2. The summed E-state index contributed by atoms with van der Waals surface area (Å²) in [4.78, 5) is 61.5. The average Bonchev–Trinajstić information content (AvgIpc) is 3.31. The van der Waals surface area contributed by atoms with Crippen molar-refractivity contribution in [2.45, 2.75) is 38.3 Å². The molecule has 0 spiro atoms. The number of pyridine rings is 1. The molecule has 1 unspecified atom stereocenters. The molecule has 12 heteroatoms. The lowest BCUT2D eigenvalue weighted by atomic mass is 9.96. The molecule has 3 fully saturated rings. The normalized spacial score (nSPS) is 23.3. The Labute approximate surface area is 248 Å². The maximum absolute atomic E-state index is 15.3. The number of carbonyl (C=O) groups excluding carboxylic acids is 4. The molecule has 1 atom stereocenters. The monoisotopic (exact) mass is 580 g/mol. The van der Waals surface area contributed by atoms with Crippen LogP contribution in [0.2, 0.25) is 0 Å². The molecule has 1 aromatic heterocycles. The second-order valence-electron chi connectivity index (χ2n) is 11.4. The van der Waals surface area contributed by atoms with E-state index in [-0.39, 0.29) is 42.6 Å². The van der Waals surface area contributed by atoms with Gasteiger partial charge in [0.1, 0.15) is 17.7 Å². The summed E-state index contributed by atoms with van der Waals surface area (Å²) in [6.07, 6.45) is 3.79. The van der Waals surface area contributed by atoms with Crippen LogP contribution in [-0.4, -0.2) is 97.2 Å². The highest BCUT2D eigenvalue weighted by Gasteiger charge is 2.40. The third-order valence-electron chi connectivity index (χ3n) is 8.88. The number of halogens is 1. The van der Waals surface area contributed by atoms with Gasteiger partial charge in [0.05, 0.1) is 11.3 Å². The third-order valence-corrected chi connectivity index (χ3v) is 8.88. The van der Waals surface area contributed by atoms with Gasteiger partial charge in [0, 0.05) is 81.6 Å². The van der Waals surface area contributed by atoms with E-state index in [1.165, 1.54) is 17.2 Å². The van der Waals surface area contributed by atoms with Crippen LogP contribution in [0.4, 0.5) is 15.9 Å². The van der Waals surface area contributed by atoms with Crippen LogP contribution in [0.15, 0.2) is 30.5 Å². The number of anilines is 2. The zero-order valence-electron chi connectivity index (χ0n) is 26.3. The van der Waals surface area contributed by atoms with Crippen LogP contribution < -0.4 is 20.4 Å². The average molecular weight is 581 g/mol. The zero-order chi connectivity index (χ0) is 31.9. The number of nitrogens with one attached hydrogen (secondary N) is 2. The number of benzene rings is 1. The zero-order valence-corrected chi connectivity index (χ0v) is 23.3. The van der Waals surface area contributed by atoms with Gasteiger partial charge in [0.2, 0.25) is 11.8 Å².